The fourth-order valence-electron chi connectivity index (χ4n) is 3.77. The van der Waals surface area contributed by atoms with E-state index < -0.39 is 16.3 Å². The summed E-state index contributed by atoms with van der Waals surface area (Å²) >= 11 is 1.48. The van der Waals surface area contributed by atoms with Gasteiger partial charge in [-0.05, 0) is 51.0 Å². The van der Waals surface area contributed by atoms with Crippen molar-refractivity contribution in [1.82, 2.24) is 14.5 Å². The van der Waals surface area contributed by atoms with Crippen molar-refractivity contribution >= 4 is 26.8 Å². The Morgan fingerprint density at radius 1 is 1.26 bits per heavy atom. The minimum Gasteiger partial charge on any atom is -0.379 e. The van der Waals surface area contributed by atoms with E-state index in [0.29, 0.717) is 32.8 Å². The summed E-state index contributed by atoms with van der Waals surface area (Å²) in [5.74, 6) is 0. The maximum absolute atomic E-state index is 12.8. The largest absolute Gasteiger partial charge is 0.379 e. The molecule has 3 rings (SSSR count). The Morgan fingerprint density at radius 3 is 2.50 bits per heavy atom. The number of ether oxygens (including phenoxy) is 1. The Bertz CT molecular complexity index is 1040. The van der Waals surface area contributed by atoms with Gasteiger partial charge < -0.3 is 14.7 Å². The van der Waals surface area contributed by atoms with Crippen LogP contribution in [0, 0.1) is 0 Å². The van der Waals surface area contributed by atoms with Crippen molar-refractivity contribution in [2.75, 3.05) is 33.4 Å². The molecule has 1 saturated heterocycles. The number of nitrogens with zero attached hydrogens (tertiary/aromatic N) is 3. The number of hydrogen-bond donors (Lipinski definition) is 2. The molecule has 0 aliphatic carbocycles. The molecule has 34 heavy (non-hydrogen) atoms. The highest BCUT2D eigenvalue weighted by molar-refractivity contribution is 8.17. The van der Waals surface area contributed by atoms with Crippen molar-refractivity contribution in [1.29, 1.82) is 0 Å². The molecule has 0 spiro atoms. The Kier molecular flexibility index (Phi) is 9.36. The number of aliphatic hydroxyl groups excluding tert-OH is 1. The van der Waals surface area contributed by atoms with E-state index in [9.17, 15) is 13.5 Å². The van der Waals surface area contributed by atoms with Gasteiger partial charge >= 0.3 is 0 Å². The summed E-state index contributed by atoms with van der Waals surface area (Å²) in [5, 5.41) is 14.9. The molecule has 1 fully saturated rings. The van der Waals surface area contributed by atoms with Gasteiger partial charge in [0, 0.05) is 37.3 Å². The number of morpholine rings is 1. The van der Waals surface area contributed by atoms with Gasteiger partial charge in [0.05, 0.1) is 23.2 Å². The van der Waals surface area contributed by atoms with Crippen LogP contribution in [0.25, 0.3) is 0 Å². The molecule has 2 heterocycles. The molecule has 2 unspecified atom stereocenters. The lowest BCUT2D eigenvalue weighted by Crippen LogP contribution is -2.40. The topological polar surface area (TPSA) is 94.5 Å². The van der Waals surface area contributed by atoms with E-state index in [1.54, 1.807) is 24.3 Å². The lowest BCUT2D eigenvalue weighted by molar-refractivity contribution is 0.0730. The van der Waals surface area contributed by atoms with Crippen LogP contribution in [0.4, 0.5) is 0 Å². The zero-order chi connectivity index (χ0) is 24.9. The van der Waals surface area contributed by atoms with Crippen LogP contribution < -0.4 is 5.32 Å². The number of sulfonamides is 1. The molecular weight excluding hydrogens is 472 g/mol. The smallest absolute Gasteiger partial charge is 0.243 e. The van der Waals surface area contributed by atoms with Gasteiger partial charge in [-0.15, -0.1) is 0 Å². The van der Waals surface area contributed by atoms with Crippen LogP contribution in [0.3, 0.4) is 0 Å². The fraction of sp³-hybridized carbons (Fsp3) is 0.542. The molecule has 2 atom stereocenters. The van der Waals surface area contributed by atoms with Gasteiger partial charge in [0.1, 0.15) is 12.4 Å². The second-order valence-corrected chi connectivity index (χ2v) is 11.7. The molecule has 10 heteroatoms. The molecule has 2 N–H and O–H groups in total. The summed E-state index contributed by atoms with van der Waals surface area (Å²) in [6.07, 6.45) is 2.19. The Hall–Kier alpha value is -1.69. The van der Waals surface area contributed by atoms with E-state index in [-0.39, 0.29) is 11.1 Å². The first-order valence-corrected chi connectivity index (χ1v) is 13.8. The maximum atomic E-state index is 12.8. The van der Waals surface area contributed by atoms with Crippen LogP contribution in [0.2, 0.25) is 0 Å². The van der Waals surface area contributed by atoms with Gasteiger partial charge in [-0.3, -0.25) is 10.3 Å². The molecular formula is C24H36N4O4S2. The summed E-state index contributed by atoms with van der Waals surface area (Å²) < 4.78 is 32.3. The van der Waals surface area contributed by atoms with Crippen molar-refractivity contribution in [3.63, 3.8) is 0 Å². The number of aliphatic hydroxyl groups is 1. The number of aliphatic imine (C=N–C) groups is 1. The number of thioether (sulfide) groups is 1. The van der Waals surface area contributed by atoms with E-state index in [1.807, 2.05) is 27.0 Å². The second-order valence-electron chi connectivity index (χ2n) is 8.66. The summed E-state index contributed by atoms with van der Waals surface area (Å²) in [7, 11) is -1.47. The van der Waals surface area contributed by atoms with E-state index in [0.717, 1.165) is 33.2 Å². The first kappa shape index (κ1) is 26.9. The van der Waals surface area contributed by atoms with E-state index in [2.05, 4.69) is 24.1 Å². The van der Waals surface area contributed by atoms with Crippen LogP contribution in [0.15, 0.2) is 56.4 Å². The highest BCUT2D eigenvalue weighted by Crippen LogP contribution is 2.29. The van der Waals surface area contributed by atoms with Gasteiger partial charge in [-0.25, -0.2) is 8.42 Å². The van der Waals surface area contributed by atoms with Crippen LogP contribution in [-0.4, -0.2) is 73.5 Å². The van der Waals surface area contributed by atoms with Crippen LogP contribution >= 0.6 is 11.8 Å². The molecule has 0 radical (unpaired) electrons. The highest BCUT2D eigenvalue weighted by Gasteiger charge is 2.26. The van der Waals surface area contributed by atoms with E-state index in [4.69, 9.17) is 9.73 Å². The van der Waals surface area contributed by atoms with Crippen molar-refractivity contribution in [3.8, 4) is 0 Å². The Balaban J connectivity index is 1.63. The Morgan fingerprint density at radius 2 is 1.91 bits per heavy atom. The molecule has 1 aromatic rings. The number of hydrogen-bond acceptors (Lipinski definition) is 8. The predicted molar refractivity (Wildman–Crippen MR) is 138 cm³/mol. The summed E-state index contributed by atoms with van der Waals surface area (Å²) in [4.78, 5) is 8.05. The second kappa shape index (κ2) is 11.8. The van der Waals surface area contributed by atoms with Crippen molar-refractivity contribution in [2.24, 2.45) is 4.99 Å². The minimum absolute atomic E-state index is 0.100. The maximum Gasteiger partial charge on any atom is 0.243 e. The standard InChI is InChI=1S/C24H36N4O4S2/c1-6-21-26-22(15-18(4)27(21)5)33-23(17(2)3)24(29)25-16-19-7-9-20(10-8-19)34(30,31)28-11-13-32-14-12-28/h7-10,15,21,24-25,29H,6,11-14,16H2,1-5H3. The summed E-state index contributed by atoms with van der Waals surface area (Å²) in [6.45, 7) is 10.1. The van der Waals surface area contributed by atoms with E-state index in [1.165, 1.54) is 16.1 Å². The van der Waals surface area contributed by atoms with Gasteiger partial charge in [0.25, 0.3) is 0 Å². The van der Waals surface area contributed by atoms with E-state index >= 15 is 0 Å². The molecule has 0 amide bonds. The Labute approximate surface area is 207 Å². The molecule has 2 aliphatic rings. The van der Waals surface area contributed by atoms with Gasteiger partial charge in [-0.1, -0.05) is 36.4 Å². The van der Waals surface area contributed by atoms with Crippen LogP contribution in [0.5, 0.6) is 0 Å². The lowest BCUT2D eigenvalue weighted by Gasteiger charge is -2.31. The molecule has 0 bridgehead atoms. The average Bonchev–Trinajstić information content (AvgIpc) is 2.83. The minimum atomic E-state index is -3.52. The SMILES string of the molecule is CCC1N=C(SC(=C(C)C)C(O)NCc2ccc(S(=O)(=O)N3CCOCC3)cc2)C=C(C)N1C. The van der Waals surface area contributed by atoms with Crippen molar-refractivity contribution < 1.29 is 18.3 Å². The molecule has 8 nitrogen and oxygen atoms in total. The average molecular weight is 509 g/mol. The number of benzene rings is 1. The molecule has 2 aliphatic heterocycles. The highest BCUT2D eigenvalue weighted by atomic mass is 32.2. The summed E-state index contributed by atoms with van der Waals surface area (Å²) in [6, 6.07) is 6.80. The third-order valence-electron chi connectivity index (χ3n) is 5.96. The van der Waals surface area contributed by atoms with Gasteiger partial charge in [-0.2, -0.15) is 4.31 Å². The first-order valence-electron chi connectivity index (χ1n) is 11.6. The van der Waals surface area contributed by atoms with Gasteiger partial charge in [0.2, 0.25) is 10.0 Å². The zero-order valence-electron chi connectivity index (χ0n) is 20.6. The molecule has 0 saturated carbocycles. The van der Waals surface area contributed by atoms with Crippen molar-refractivity contribution in [2.45, 2.75) is 57.9 Å². The first-order chi connectivity index (χ1) is 16.1. The van der Waals surface area contributed by atoms with Crippen molar-refractivity contribution in [3.05, 3.63) is 52.1 Å². The number of allylic oxidation sites excluding steroid dienone is 2. The lowest BCUT2D eigenvalue weighted by atomic mass is 10.2. The monoisotopic (exact) mass is 508 g/mol. The quantitative estimate of drug-likeness (QED) is 0.521. The third-order valence-corrected chi connectivity index (χ3v) is 9.16. The van der Waals surface area contributed by atoms with Crippen LogP contribution in [0.1, 0.15) is 39.7 Å². The molecule has 0 aromatic heterocycles. The predicted octanol–water partition coefficient (Wildman–Crippen LogP) is 3.13. The third kappa shape index (κ3) is 6.50. The molecule has 1 aromatic carbocycles. The molecule has 188 valence electrons. The summed E-state index contributed by atoms with van der Waals surface area (Å²) in [5.41, 5.74) is 3.04. The number of rotatable bonds is 8. The fourth-order valence-corrected chi connectivity index (χ4v) is 6.21. The number of nitrogens with one attached hydrogen (secondary N) is 1. The van der Waals surface area contributed by atoms with Gasteiger partial charge in [0.15, 0.2) is 0 Å². The van der Waals surface area contributed by atoms with Crippen LogP contribution in [-0.2, 0) is 21.3 Å². The normalized spacial score (nSPS) is 20.5. The zero-order valence-corrected chi connectivity index (χ0v) is 22.2.